The summed E-state index contributed by atoms with van der Waals surface area (Å²) in [6, 6.07) is 14.9. The van der Waals surface area contributed by atoms with Crippen molar-refractivity contribution in [3.8, 4) is 17.6 Å². The highest BCUT2D eigenvalue weighted by atomic mass is 35.5. The van der Waals surface area contributed by atoms with Gasteiger partial charge in [-0.3, -0.25) is 4.79 Å². The summed E-state index contributed by atoms with van der Waals surface area (Å²) in [5, 5.41) is 17.1. The zero-order valence-electron chi connectivity index (χ0n) is 18.3. The number of amides is 1. The number of nitriles is 1. The zero-order chi connectivity index (χ0) is 23.3. The summed E-state index contributed by atoms with van der Waals surface area (Å²) in [4.78, 5) is 12.7. The molecule has 7 nitrogen and oxygen atoms in total. The number of nitrogens with zero attached hydrogens (tertiary/aromatic N) is 3. The van der Waals surface area contributed by atoms with Gasteiger partial charge in [-0.1, -0.05) is 41.4 Å². The summed E-state index contributed by atoms with van der Waals surface area (Å²) in [6.45, 7) is 4.28. The number of aryl methyl sites for hydroxylation is 2. The highest BCUT2D eigenvalue weighted by Crippen LogP contribution is 2.30. The molecule has 1 N–H and O–H groups in total. The predicted octanol–water partition coefficient (Wildman–Crippen LogP) is 4.76. The molecular formula is C24H23ClN4O3. The molecule has 164 valence electrons. The number of benzene rings is 2. The third kappa shape index (κ3) is 5.10. The van der Waals surface area contributed by atoms with E-state index in [2.05, 4.69) is 10.4 Å². The number of aromatic nitrogens is 2. The van der Waals surface area contributed by atoms with Gasteiger partial charge in [0.05, 0.1) is 26.5 Å². The molecular weight excluding hydrogens is 428 g/mol. The second kappa shape index (κ2) is 10.0. The van der Waals surface area contributed by atoms with Crippen LogP contribution in [0, 0.1) is 25.2 Å². The second-order valence-corrected chi connectivity index (χ2v) is 7.48. The number of carbonyl (C=O) groups excluding carboxylic acids is 1. The Bertz CT molecular complexity index is 1210. The molecule has 0 atom stereocenters. The summed E-state index contributed by atoms with van der Waals surface area (Å²) in [5.41, 5.74) is 3.72. The van der Waals surface area contributed by atoms with Crippen LogP contribution in [0.1, 0.15) is 22.4 Å². The van der Waals surface area contributed by atoms with E-state index < -0.39 is 5.91 Å². The highest BCUT2D eigenvalue weighted by molar-refractivity contribution is 6.31. The molecule has 0 bridgehead atoms. The Morgan fingerprint density at radius 1 is 1.16 bits per heavy atom. The quantitative estimate of drug-likeness (QED) is 0.414. The van der Waals surface area contributed by atoms with Crippen molar-refractivity contribution in [1.29, 1.82) is 5.26 Å². The monoisotopic (exact) mass is 450 g/mol. The van der Waals surface area contributed by atoms with Gasteiger partial charge in [-0.15, -0.1) is 0 Å². The fourth-order valence-electron chi connectivity index (χ4n) is 3.11. The van der Waals surface area contributed by atoms with E-state index in [9.17, 15) is 10.1 Å². The van der Waals surface area contributed by atoms with Crippen molar-refractivity contribution in [3.05, 3.63) is 75.6 Å². The van der Waals surface area contributed by atoms with Crippen LogP contribution in [0.3, 0.4) is 0 Å². The van der Waals surface area contributed by atoms with Gasteiger partial charge >= 0.3 is 0 Å². The summed E-state index contributed by atoms with van der Waals surface area (Å²) in [6.07, 6.45) is 1.45. The predicted molar refractivity (Wildman–Crippen MR) is 124 cm³/mol. The molecule has 0 aliphatic carbocycles. The zero-order valence-corrected chi connectivity index (χ0v) is 19.0. The highest BCUT2D eigenvalue weighted by Gasteiger charge is 2.17. The van der Waals surface area contributed by atoms with Gasteiger partial charge < -0.3 is 14.8 Å². The Morgan fingerprint density at radius 3 is 2.47 bits per heavy atom. The van der Waals surface area contributed by atoms with Crippen LogP contribution in [0.25, 0.3) is 6.08 Å². The topological polar surface area (TPSA) is 89.2 Å². The average molecular weight is 451 g/mol. The lowest BCUT2D eigenvalue weighted by Gasteiger charge is -2.10. The summed E-state index contributed by atoms with van der Waals surface area (Å²) >= 11 is 6.53. The molecule has 1 amide bonds. The SMILES string of the molecule is COc1ccc(NC(=O)/C(C#N)=C/c2c(C)nn(Cc3ccc(C)cc3)c2Cl)cc1OC. The molecule has 3 rings (SSSR count). The van der Waals surface area contributed by atoms with Gasteiger partial charge in [-0.25, -0.2) is 4.68 Å². The van der Waals surface area contributed by atoms with Crippen LogP contribution in [-0.4, -0.2) is 29.9 Å². The van der Waals surface area contributed by atoms with E-state index in [4.69, 9.17) is 21.1 Å². The van der Waals surface area contributed by atoms with Gasteiger partial charge in [0.25, 0.3) is 5.91 Å². The molecule has 0 fully saturated rings. The van der Waals surface area contributed by atoms with Crippen molar-refractivity contribution in [2.45, 2.75) is 20.4 Å². The largest absolute Gasteiger partial charge is 0.493 e. The Kier molecular flexibility index (Phi) is 7.18. The van der Waals surface area contributed by atoms with Crippen LogP contribution in [0.15, 0.2) is 48.0 Å². The normalized spacial score (nSPS) is 11.1. The number of hydrogen-bond donors (Lipinski definition) is 1. The van der Waals surface area contributed by atoms with Crippen molar-refractivity contribution in [3.63, 3.8) is 0 Å². The maximum atomic E-state index is 12.7. The lowest BCUT2D eigenvalue weighted by atomic mass is 10.1. The number of rotatable bonds is 7. The van der Waals surface area contributed by atoms with E-state index in [1.165, 1.54) is 25.9 Å². The van der Waals surface area contributed by atoms with Crippen LogP contribution in [0.2, 0.25) is 5.15 Å². The van der Waals surface area contributed by atoms with Gasteiger partial charge in [-0.2, -0.15) is 10.4 Å². The Labute approximate surface area is 191 Å². The van der Waals surface area contributed by atoms with Crippen molar-refractivity contribution < 1.29 is 14.3 Å². The molecule has 2 aromatic carbocycles. The maximum Gasteiger partial charge on any atom is 0.266 e. The summed E-state index contributed by atoms with van der Waals surface area (Å²) in [5.74, 6) is 0.426. The average Bonchev–Trinajstić information content (AvgIpc) is 3.05. The summed E-state index contributed by atoms with van der Waals surface area (Å²) in [7, 11) is 3.03. The fraction of sp³-hybridized carbons (Fsp3) is 0.208. The van der Waals surface area contributed by atoms with E-state index in [0.29, 0.717) is 40.1 Å². The summed E-state index contributed by atoms with van der Waals surface area (Å²) < 4.78 is 12.1. The minimum absolute atomic E-state index is 0.0975. The first-order valence-corrected chi connectivity index (χ1v) is 10.2. The maximum absolute atomic E-state index is 12.7. The van der Waals surface area contributed by atoms with Crippen molar-refractivity contribution in [1.82, 2.24) is 9.78 Å². The lowest BCUT2D eigenvalue weighted by Crippen LogP contribution is -2.13. The molecule has 3 aromatic rings. The van der Waals surface area contributed by atoms with Crippen molar-refractivity contribution in [2.75, 3.05) is 19.5 Å². The molecule has 32 heavy (non-hydrogen) atoms. The van der Waals surface area contributed by atoms with Gasteiger partial charge in [0.2, 0.25) is 0 Å². The van der Waals surface area contributed by atoms with Gasteiger partial charge in [0.15, 0.2) is 11.5 Å². The van der Waals surface area contributed by atoms with Gasteiger partial charge in [-0.05, 0) is 37.6 Å². The molecule has 1 aromatic heterocycles. The smallest absolute Gasteiger partial charge is 0.266 e. The number of nitrogens with one attached hydrogen (secondary N) is 1. The van der Waals surface area contributed by atoms with E-state index in [-0.39, 0.29) is 5.57 Å². The van der Waals surface area contributed by atoms with Gasteiger partial charge in [0, 0.05) is 17.3 Å². The van der Waals surface area contributed by atoms with E-state index in [1.807, 2.05) is 37.3 Å². The number of carbonyl (C=O) groups is 1. The molecule has 0 unspecified atom stereocenters. The van der Waals surface area contributed by atoms with Crippen LogP contribution in [0.4, 0.5) is 5.69 Å². The van der Waals surface area contributed by atoms with Crippen LogP contribution in [0.5, 0.6) is 11.5 Å². The molecule has 1 heterocycles. The van der Waals surface area contributed by atoms with Crippen molar-refractivity contribution in [2.24, 2.45) is 0 Å². The van der Waals surface area contributed by atoms with E-state index in [0.717, 1.165) is 5.56 Å². The second-order valence-electron chi connectivity index (χ2n) is 7.13. The third-order valence-electron chi connectivity index (χ3n) is 4.86. The molecule has 0 aliphatic rings. The number of methoxy groups -OCH3 is 2. The van der Waals surface area contributed by atoms with E-state index in [1.54, 1.807) is 29.8 Å². The standard InChI is InChI=1S/C24H23ClN4O3/c1-15-5-7-17(8-6-15)14-29-23(25)20(16(2)28-29)11-18(13-26)24(30)27-19-9-10-21(31-3)22(12-19)32-4/h5-12H,14H2,1-4H3,(H,27,30)/b18-11+. The number of anilines is 1. The Morgan fingerprint density at radius 2 is 1.84 bits per heavy atom. The first kappa shape index (κ1) is 22.9. The molecule has 0 spiro atoms. The third-order valence-corrected chi connectivity index (χ3v) is 5.26. The first-order chi connectivity index (χ1) is 15.4. The number of halogens is 1. The molecule has 0 saturated heterocycles. The van der Waals surface area contributed by atoms with Crippen molar-refractivity contribution >= 4 is 29.3 Å². The number of ether oxygens (including phenoxy) is 2. The molecule has 0 saturated carbocycles. The van der Waals surface area contributed by atoms with E-state index >= 15 is 0 Å². The van der Waals surface area contributed by atoms with Crippen LogP contribution >= 0.6 is 11.6 Å². The molecule has 0 aliphatic heterocycles. The number of hydrogen-bond acceptors (Lipinski definition) is 5. The minimum Gasteiger partial charge on any atom is -0.493 e. The van der Waals surface area contributed by atoms with Gasteiger partial charge in [0.1, 0.15) is 16.8 Å². The Hall–Kier alpha value is -3.76. The first-order valence-electron chi connectivity index (χ1n) is 9.80. The fourth-order valence-corrected chi connectivity index (χ4v) is 3.40. The molecule has 0 radical (unpaired) electrons. The van der Waals surface area contributed by atoms with Crippen LogP contribution in [-0.2, 0) is 11.3 Å². The Balaban J connectivity index is 1.84. The minimum atomic E-state index is -0.568. The lowest BCUT2D eigenvalue weighted by molar-refractivity contribution is -0.112. The van der Waals surface area contributed by atoms with Crippen LogP contribution < -0.4 is 14.8 Å². The molecule has 8 heteroatoms.